The monoisotopic (exact) mass is 219 g/mol. The molecule has 0 amide bonds. The number of rotatable bonds is 5. The van der Waals surface area contributed by atoms with E-state index in [0.29, 0.717) is 6.04 Å². The molecule has 1 saturated carbocycles. The first kappa shape index (κ1) is 11.3. The Balaban J connectivity index is 1.86. The first-order chi connectivity index (χ1) is 7.78. The van der Waals surface area contributed by atoms with E-state index in [0.717, 1.165) is 17.4 Å². The van der Waals surface area contributed by atoms with E-state index < -0.39 is 0 Å². The van der Waals surface area contributed by atoms with Crippen molar-refractivity contribution in [1.29, 1.82) is 0 Å². The molecule has 1 aromatic carbocycles. The minimum Gasteiger partial charge on any atom is -0.497 e. The highest BCUT2D eigenvalue weighted by molar-refractivity contribution is 5.48. The van der Waals surface area contributed by atoms with E-state index in [4.69, 9.17) is 4.74 Å². The molecule has 88 valence electrons. The topological polar surface area (TPSA) is 21.3 Å². The van der Waals surface area contributed by atoms with Gasteiger partial charge in [-0.05, 0) is 31.4 Å². The fraction of sp³-hybridized carbons (Fsp3) is 0.571. The average Bonchev–Trinajstić information content (AvgIpc) is 2.24. The van der Waals surface area contributed by atoms with Crippen molar-refractivity contribution in [2.45, 2.75) is 38.6 Å². The number of methoxy groups -OCH3 is 1. The van der Waals surface area contributed by atoms with Gasteiger partial charge < -0.3 is 10.1 Å². The summed E-state index contributed by atoms with van der Waals surface area (Å²) in [5.74, 6) is 1.87. The van der Waals surface area contributed by atoms with E-state index in [1.165, 1.54) is 25.7 Å². The molecule has 1 aliphatic rings. The predicted molar refractivity (Wildman–Crippen MR) is 68.0 cm³/mol. The minimum atomic E-state index is 0.553. The highest BCUT2D eigenvalue weighted by Crippen LogP contribution is 2.31. The Morgan fingerprint density at radius 1 is 1.44 bits per heavy atom. The van der Waals surface area contributed by atoms with Gasteiger partial charge >= 0.3 is 0 Å². The lowest BCUT2D eigenvalue weighted by Crippen LogP contribution is -2.23. The minimum absolute atomic E-state index is 0.553. The van der Waals surface area contributed by atoms with Gasteiger partial charge in [0.05, 0.1) is 7.11 Å². The Morgan fingerprint density at radius 3 is 2.88 bits per heavy atom. The summed E-state index contributed by atoms with van der Waals surface area (Å²) in [5.41, 5.74) is 1.16. The average molecular weight is 219 g/mol. The summed E-state index contributed by atoms with van der Waals surface area (Å²) in [6.07, 6.45) is 5.56. The van der Waals surface area contributed by atoms with Crippen molar-refractivity contribution < 1.29 is 4.74 Å². The van der Waals surface area contributed by atoms with Crippen LogP contribution in [0.15, 0.2) is 24.3 Å². The number of benzene rings is 1. The molecule has 0 bridgehead atoms. The second-order valence-electron chi connectivity index (χ2n) is 4.81. The molecule has 0 aliphatic heterocycles. The molecule has 0 heterocycles. The normalized spacial score (nSPS) is 17.6. The third kappa shape index (κ3) is 2.91. The first-order valence-corrected chi connectivity index (χ1v) is 6.18. The van der Waals surface area contributed by atoms with Crippen LogP contribution in [0.2, 0.25) is 0 Å². The fourth-order valence-electron chi connectivity index (χ4n) is 2.28. The first-order valence-electron chi connectivity index (χ1n) is 6.18. The van der Waals surface area contributed by atoms with E-state index in [1.54, 1.807) is 7.11 Å². The summed E-state index contributed by atoms with van der Waals surface area (Å²) in [7, 11) is 1.71. The lowest BCUT2D eigenvalue weighted by atomic mass is 9.81. The number of nitrogens with one attached hydrogen (secondary N) is 1. The predicted octanol–water partition coefficient (Wildman–Crippen LogP) is 3.69. The second-order valence-corrected chi connectivity index (χ2v) is 4.81. The molecule has 1 unspecified atom stereocenters. The Bertz CT molecular complexity index is 333. The van der Waals surface area contributed by atoms with E-state index >= 15 is 0 Å². The summed E-state index contributed by atoms with van der Waals surface area (Å²) < 4.78 is 5.21. The van der Waals surface area contributed by atoms with Gasteiger partial charge in [-0.1, -0.05) is 25.3 Å². The highest BCUT2D eigenvalue weighted by atomic mass is 16.5. The van der Waals surface area contributed by atoms with Crippen LogP contribution in [0.25, 0.3) is 0 Å². The Morgan fingerprint density at radius 2 is 2.25 bits per heavy atom. The van der Waals surface area contributed by atoms with Crippen LogP contribution in [0.1, 0.15) is 32.6 Å². The molecule has 2 nitrogen and oxygen atoms in total. The van der Waals surface area contributed by atoms with Gasteiger partial charge in [-0.15, -0.1) is 0 Å². The quantitative estimate of drug-likeness (QED) is 0.815. The van der Waals surface area contributed by atoms with Gasteiger partial charge in [0.25, 0.3) is 0 Å². The molecular weight excluding hydrogens is 198 g/mol. The zero-order valence-corrected chi connectivity index (χ0v) is 10.2. The largest absolute Gasteiger partial charge is 0.497 e. The fourth-order valence-corrected chi connectivity index (χ4v) is 2.28. The van der Waals surface area contributed by atoms with Crippen molar-refractivity contribution in [1.82, 2.24) is 0 Å². The summed E-state index contributed by atoms with van der Waals surface area (Å²) >= 11 is 0. The van der Waals surface area contributed by atoms with Crippen molar-refractivity contribution in [3.63, 3.8) is 0 Å². The van der Waals surface area contributed by atoms with Crippen LogP contribution in [0.5, 0.6) is 5.75 Å². The van der Waals surface area contributed by atoms with Crippen LogP contribution in [0, 0.1) is 5.92 Å². The molecule has 0 radical (unpaired) electrons. The molecule has 0 saturated heterocycles. The smallest absolute Gasteiger partial charge is 0.120 e. The maximum Gasteiger partial charge on any atom is 0.120 e. The molecule has 1 fully saturated rings. The van der Waals surface area contributed by atoms with Gasteiger partial charge in [0.15, 0.2) is 0 Å². The van der Waals surface area contributed by atoms with Crippen molar-refractivity contribution in [2.24, 2.45) is 5.92 Å². The molecule has 2 rings (SSSR count). The molecule has 1 aromatic rings. The summed E-state index contributed by atoms with van der Waals surface area (Å²) in [6.45, 7) is 2.26. The number of hydrogen-bond acceptors (Lipinski definition) is 2. The van der Waals surface area contributed by atoms with Crippen molar-refractivity contribution in [2.75, 3.05) is 12.4 Å². The summed E-state index contributed by atoms with van der Waals surface area (Å²) in [4.78, 5) is 0. The van der Waals surface area contributed by atoms with E-state index in [-0.39, 0.29) is 0 Å². The number of anilines is 1. The molecule has 16 heavy (non-hydrogen) atoms. The van der Waals surface area contributed by atoms with Crippen LogP contribution >= 0.6 is 0 Å². The third-order valence-corrected chi connectivity index (χ3v) is 3.39. The lowest BCUT2D eigenvalue weighted by molar-refractivity contribution is 0.286. The van der Waals surface area contributed by atoms with Crippen LogP contribution in [0.3, 0.4) is 0 Å². The van der Waals surface area contributed by atoms with Crippen molar-refractivity contribution in [3.8, 4) is 5.75 Å². The molecule has 0 aromatic heterocycles. The third-order valence-electron chi connectivity index (χ3n) is 3.39. The maximum atomic E-state index is 5.21. The van der Waals surface area contributed by atoms with Crippen LogP contribution in [-0.2, 0) is 0 Å². The standard InChI is InChI=1S/C14H21NO/c1-11(9-12-5-3-6-12)15-13-7-4-8-14(10-13)16-2/h4,7-8,10-12,15H,3,5-6,9H2,1-2H3. The SMILES string of the molecule is COc1cccc(NC(C)CC2CCC2)c1. The lowest BCUT2D eigenvalue weighted by Gasteiger charge is -2.28. The van der Waals surface area contributed by atoms with Crippen LogP contribution < -0.4 is 10.1 Å². The van der Waals surface area contributed by atoms with Crippen LogP contribution in [-0.4, -0.2) is 13.2 Å². The van der Waals surface area contributed by atoms with Gasteiger partial charge in [0, 0.05) is 17.8 Å². The van der Waals surface area contributed by atoms with Crippen LogP contribution in [0.4, 0.5) is 5.69 Å². The van der Waals surface area contributed by atoms with Gasteiger partial charge in [-0.25, -0.2) is 0 Å². The molecule has 0 spiro atoms. The van der Waals surface area contributed by atoms with E-state index in [9.17, 15) is 0 Å². The molecule has 2 heteroatoms. The van der Waals surface area contributed by atoms with Gasteiger partial charge in [-0.3, -0.25) is 0 Å². The molecule has 1 N–H and O–H groups in total. The summed E-state index contributed by atoms with van der Waals surface area (Å²) in [5, 5.41) is 3.54. The zero-order valence-electron chi connectivity index (χ0n) is 10.2. The summed E-state index contributed by atoms with van der Waals surface area (Å²) in [6, 6.07) is 8.70. The van der Waals surface area contributed by atoms with Gasteiger partial charge in [-0.2, -0.15) is 0 Å². The van der Waals surface area contributed by atoms with Crippen molar-refractivity contribution in [3.05, 3.63) is 24.3 Å². The Kier molecular flexibility index (Phi) is 3.70. The molecule has 1 aliphatic carbocycles. The number of hydrogen-bond donors (Lipinski definition) is 1. The van der Waals surface area contributed by atoms with Crippen molar-refractivity contribution >= 4 is 5.69 Å². The number of ether oxygens (including phenoxy) is 1. The van der Waals surface area contributed by atoms with E-state index in [2.05, 4.69) is 24.4 Å². The Hall–Kier alpha value is -1.18. The highest BCUT2D eigenvalue weighted by Gasteiger charge is 2.19. The Labute approximate surface area is 98.0 Å². The molecular formula is C14H21NO. The maximum absolute atomic E-state index is 5.21. The van der Waals surface area contributed by atoms with E-state index in [1.807, 2.05) is 12.1 Å². The van der Waals surface area contributed by atoms with Gasteiger partial charge in [0.1, 0.15) is 5.75 Å². The van der Waals surface area contributed by atoms with Gasteiger partial charge in [0.2, 0.25) is 0 Å². The second kappa shape index (κ2) is 5.24. The molecule has 1 atom stereocenters. The zero-order chi connectivity index (χ0) is 11.4.